The predicted molar refractivity (Wildman–Crippen MR) is 150 cm³/mol. The van der Waals surface area contributed by atoms with Gasteiger partial charge in [-0.1, -0.05) is 6.07 Å². The molecule has 0 bridgehead atoms. The van der Waals surface area contributed by atoms with Gasteiger partial charge in [-0.25, -0.2) is 23.1 Å². The highest BCUT2D eigenvalue weighted by molar-refractivity contribution is 5.86. The van der Waals surface area contributed by atoms with Crippen molar-refractivity contribution >= 4 is 23.0 Å². The van der Waals surface area contributed by atoms with Crippen LogP contribution < -0.4 is 10.5 Å². The average molecular weight is 577 g/mol. The van der Waals surface area contributed by atoms with Gasteiger partial charge in [-0.05, 0) is 80.4 Å². The van der Waals surface area contributed by atoms with E-state index in [4.69, 9.17) is 10.5 Å². The Kier molecular flexibility index (Phi) is 7.31. The number of halogens is 3. The maximum atomic E-state index is 13.7. The van der Waals surface area contributed by atoms with Gasteiger partial charge in [0.2, 0.25) is 11.8 Å². The molecule has 0 radical (unpaired) electrons. The van der Waals surface area contributed by atoms with Crippen molar-refractivity contribution in [2.75, 3.05) is 5.73 Å². The molecule has 0 spiro atoms. The minimum Gasteiger partial charge on any atom is -0.481 e. The van der Waals surface area contributed by atoms with Crippen LogP contribution in [0.2, 0.25) is 0 Å². The number of carboxylic acid groups (broad SMARTS) is 1. The number of aliphatic carboxylic acids is 1. The summed E-state index contributed by atoms with van der Waals surface area (Å²) in [4.78, 5) is 29.0. The van der Waals surface area contributed by atoms with Gasteiger partial charge in [-0.3, -0.25) is 9.78 Å². The van der Waals surface area contributed by atoms with Gasteiger partial charge in [0.1, 0.15) is 23.9 Å². The molecule has 0 saturated heterocycles. The van der Waals surface area contributed by atoms with E-state index in [1.165, 1.54) is 30.3 Å². The number of carboxylic acids is 1. The number of nitrogens with zero attached hydrogens (tertiary/aromatic N) is 5. The van der Waals surface area contributed by atoms with Crippen molar-refractivity contribution in [3.63, 3.8) is 0 Å². The molecule has 0 amide bonds. The first-order chi connectivity index (χ1) is 19.8. The number of fused-ring (bicyclic) bond motifs is 1. The Hall–Kier alpha value is -5.00. The molecular weight excluding hydrogens is 549 g/mol. The number of nitrogens with two attached hydrogens (primary N) is 1. The van der Waals surface area contributed by atoms with Crippen LogP contribution in [0.4, 0.5) is 19.1 Å². The average Bonchev–Trinajstić information content (AvgIpc) is 3.26. The van der Waals surface area contributed by atoms with Crippen LogP contribution >= 0.6 is 0 Å². The SMILES string of the molecule is Cc1cc(-c2c(OCc3nc4cc(C(C)(C)C(=O)O)ccc4n3C)nc(N)nc2-c2ccc(F)cc2)cc(C(F)F)n1. The second-order valence-corrected chi connectivity index (χ2v) is 10.3. The first-order valence-corrected chi connectivity index (χ1v) is 12.9. The second kappa shape index (κ2) is 10.8. The lowest BCUT2D eigenvalue weighted by molar-refractivity contribution is -0.142. The van der Waals surface area contributed by atoms with Crippen molar-refractivity contribution in [2.45, 2.75) is 39.2 Å². The molecule has 0 atom stereocenters. The van der Waals surface area contributed by atoms with Crippen molar-refractivity contribution < 1.29 is 27.8 Å². The van der Waals surface area contributed by atoms with E-state index in [0.717, 1.165) is 5.52 Å². The molecule has 0 fully saturated rings. The smallest absolute Gasteiger partial charge is 0.313 e. The number of alkyl halides is 2. The van der Waals surface area contributed by atoms with Crippen LogP contribution in [0, 0.1) is 12.7 Å². The highest BCUT2D eigenvalue weighted by Crippen LogP contribution is 2.39. The van der Waals surface area contributed by atoms with E-state index in [1.54, 1.807) is 56.7 Å². The Morgan fingerprint density at radius 1 is 1.02 bits per heavy atom. The summed E-state index contributed by atoms with van der Waals surface area (Å²) in [6.45, 7) is 4.72. The fraction of sp³-hybridized carbons (Fsp3) is 0.233. The number of benzene rings is 2. The van der Waals surface area contributed by atoms with E-state index in [-0.39, 0.29) is 29.7 Å². The Morgan fingerprint density at radius 3 is 2.40 bits per heavy atom. The van der Waals surface area contributed by atoms with Gasteiger partial charge in [-0.2, -0.15) is 4.98 Å². The number of aryl methyl sites for hydroxylation is 2. The summed E-state index contributed by atoms with van der Waals surface area (Å²) in [6, 6.07) is 13.6. The summed E-state index contributed by atoms with van der Waals surface area (Å²) >= 11 is 0. The van der Waals surface area contributed by atoms with Crippen molar-refractivity contribution in [3.05, 3.63) is 83.2 Å². The number of nitrogen functional groups attached to an aromatic ring is 1. The van der Waals surface area contributed by atoms with Crippen LogP contribution in [0.25, 0.3) is 33.4 Å². The van der Waals surface area contributed by atoms with Crippen LogP contribution in [-0.4, -0.2) is 35.6 Å². The number of hydrogen-bond donors (Lipinski definition) is 2. The maximum absolute atomic E-state index is 13.7. The van der Waals surface area contributed by atoms with E-state index < -0.39 is 29.3 Å². The van der Waals surface area contributed by atoms with Crippen molar-refractivity contribution in [2.24, 2.45) is 7.05 Å². The molecule has 0 aliphatic carbocycles. The summed E-state index contributed by atoms with van der Waals surface area (Å²) < 4.78 is 49.1. The van der Waals surface area contributed by atoms with Crippen LogP contribution in [0.5, 0.6) is 5.88 Å². The minimum atomic E-state index is -2.83. The molecule has 42 heavy (non-hydrogen) atoms. The molecule has 3 N–H and O–H groups in total. The number of anilines is 1. The zero-order chi connectivity index (χ0) is 30.3. The van der Waals surface area contributed by atoms with Gasteiger partial charge in [0.05, 0.1) is 27.7 Å². The van der Waals surface area contributed by atoms with E-state index in [9.17, 15) is 23.1 Å². The predicted octanol–water partition coefficient (Wildman–Crippen LogP) is 6.00. The molecule has 2 aromatic carbocycles. The van der Waals surface area contributed by atoms with Gasteiger partial charge >= 0.3 is 5.97 Å². The maximum Gasteiger partial charge on any atom is 0.313 e. The highest BCUT2D eigenvalue weighted by Gasteiger charge is 2.30. The third-order valence-electron chi connectivity index (χ3n) is 7.06. The van der Waals surface area contributed by atoms with Gasteiger partial charge in [0.15, 0.2) is 0 Å². The first-order valence-electron chi connectivity index (χ1n) is 12.9. The fourth-order valence-corrected chi connectivity index (χ4v) is 4.61. The topological polar surface area (TPSA) is 129 Å². The Morgan fingerprint density at radius 2 is 1.74 bits per heavy atom. The zero-order valence-electron chi connectivity index (χ0n) is 23.2. The number of rotatable bonds is 8. The third-order valence-corrected chi connectivity index (χ3v) is 7.06. The molecular formula is C30H27F3N6O3. The number of aromatic nitrogens is 5. The molecule has 0 aliphatic heterocycles. The number of pyridine rings is 1. The molecule has 216 valence electrons. The van der Waals surface area contributed by atoms with Gasteiger partial charge < -0.3 is 20.1 Å². The van der Waals surface area contributed by atoms with Crippen molar-refractivity contribution in [1.82, 2.24) is 24.5 Å². The summed E-state index contributed by atoms with van der Waals surface area (Å²) in [5.74, 6) is -1.07. The van der Waals surface area contributed by atoms with Crippen molar-refractivity contribution in [1.29, 1.82) is 0 Å². The van der Waals surface area contributed by atoms with Crippen LogP contribution in [0.3, 0.4) is 0 Å². The Bertz CT molecular complexity index is 1820. The highest BCUT2D eigenvalue weighted by atomic mass is 19.3. The summed E-state index contributed by atoms with van der Waals surface area (Å²) in [7, 11) is 1.79. The summed E-state index contributed by atoms with van der Waals surface area (Å²) in [5, 5.41) is 9.63. The Labute approximate surface area is 238 Å². The van der Waals surface area contributed by atoms with Gasteiger partial charge in [-0.15, -0.1) is 0 Å². The number of ether oxygens (including phenoxy) is 1. The monoisotopic (exact) mass is 576 g/mol. The first kappa shape index (κ1) is 28.5. The number of imidazole rings is 1. The molecule has 5 rings (SSSR count). The molecule has 0 unspecified atom stereocenters. The largest absolute Gasteiger partial charge is 0.481 e. The van der Waals surface area contributed by atoms with E-state index in [1.807, 2.05) is 0 Å². The molecule has 3 heterocycles. The van der Waals surface area contributed by atoms with Crippen molar-refractivity contribution in [3.8, 4) is 28.3 Å². The molecule has 9 nitrogen and oxygen atoms in total. The summed E-state index contributed by atoms with van der Waals surface area (Å²) in [6.07, 6.45) is -2.83. The van der Waals surface area contributed by atoms with Gasteiger partial charge in [0, 0.05) is 18.3 Å². The molecule has 0 saturated carbocycles. The standard InChI is InChI=1S/C30H27F3N6O3/c1-15-11-17(12-21(35-15)26(32)33)24-25(16-5-8-19(31)9-6-16)37-29(34)38-27(24)42-14-23-36-20-13-18(30(2,3)28(40)41)7-10-22(20)39(23)4/h5-13,26H,14H2,1-4H3,(H,40,41)(H2,34,37,38). The molecule has 12 heteroatoms. The lowest BCUT2D eigenvalue weighted by Crippen LogP contribution is -2.28. The van der Waals surface area contributed by atoms with Gasteiger partial charge in [0.25, 0.3) is 6.43 Å². The third kappa shape index (κ3) is 5.35. The zero-order valence-corrected chi connectivity index (χ0v) is 23.2. The number of hydrogen-bond acceptors (Lipinski definition) is 7. The van der Waals surface area contributed by atoms with E-state index >= 15 is 0 Å². The molecule has 5 aromatic rings. The number of carbonyl (C=O) groups is 1. The fourth-order valence-electron chi connectivity index (χ4n) is 4.61. The quantitative estimate of drug-likeness (QED) is 0.230. The van der Waals surface area contributed by atoms with Crippen LogP contribution in [0.1, 0.15) is 43.0 Å². The Balaban J connectivity index is 1.61. The second-order valence-electron chi connectivity index (χ2n) is 10.3. The van der Waals surface area contributed by atoms with Crippen LogP contribution in [0.15, 0.2) is 54.6 Å². The molecule has 0 aliphatic rings. The lowest BCUT2D eigenvalue weighted by Gasteiger charge is -2.19. The van der Waals surface area contributed by atoms with E-state index in [0.29, 0.717) is 33.7 Å². The summed E-state index contributed by atoms with van der Waals surface area (Å²) in [5.41, 5.74) is 8.05. The lowest BCUT2D eigenvalue weighted by atomic mass is 9.85. The normalized spacial score (nSPS) is 11.8. The minimum absolute atomic E-state index is 0.00685. The van der Waals surface area contributed by atoms with Crippen LogP contribution in [-0.2, 0) is 23.9 Å². The van der Waals surface area contributed by atoms with E-state index in [2.05, 4.69) is 19.9 Å². The molecule has 3 aromatic heterocycles.